The van der Waals surface area contributed by atoms with Crippen molar-refractivity contribution in [2.45, 2.75) is 51.5 Å². The van der Waals surface area contributed by atoms with Crippen LogP contribution >= 0.6 is 0 Å². The highest BCUT2D eigenvalue weighted by molar-refractivity contribution is 6.00. The van der Waals surface area contributed by atoms with Gasteiger partial charge in [0, 0.05) is 31.7 Å². The van der Waals surface area contributed by atoms with Crippen LogP contribution in [0, 0.1) is 11.8 Å². The molecule has 0 bridgehead atoms. The van der Waals surface area contributed by atoms with Gasteiger partial charge in [0.2, 0.25) is 11.8 Å². The highest BCUT2D eigenvalue weighted by Gasteiger charge is 2.40. The summed E-state index contributed by atoms with van der Waals surface area (Å²) >= 11 is 0. The van der Waals surface area contributed by atoms with E-state index in [0.29, 0.717) is 24.9 Å². The van der Waals surface area contributed by atoms with Gasteiger partial charge >= 0.3 is 0 Å². The molecule has 128 valence electrons. The second kappa shape index (κ2) is 5.91. The Morgan fingerprint density at radius 1 is 1.25 bits per heavy atom. The summed E-state index contributed by atoms with van der Waals surface area (Å²) in [5.41, 5.74) is 3.75. The van der Waals surface area contributed by atoms with Crippen molar-refractivity contribution in [3.8, 4) is 0 Å². The molecule has 0 radical (unpaired) electrons. The lowest BCUT2D eigenvalue weighted by molar-refractivity contribution is -0.136. The summed E-state index contributed by atoms with van der Waals surface area (Å²) < 4.78 is 0. The first-order valence-electron chi connectivity index (χ1n) is 9.23. The normalized spacial score (nSPS) is 24.2. The number of carbonyl (C=O) groups excluding carboxylic acids is 2. The Labute approximate surface area is 143 Å². The lowest BCUT2D eigenvalue weighted by Crippen LogP contribution is -2.41. The van der Waals surface area contributed by atoms with Crippen molar-refractivity contribution in [2.75, 3.05) is 18.5 Å². The van der Waals surface area contributed by atoms with Crippen molar-refractivity contribution in [2.24, 2.45) is 11.8 Å². The summed E-state index contributed by atoms with van der Waals surface area (Å²) in [5, 5.41) is 0. The molecule has 1 aliphatic heterocycles. The van der Waals surface area contributed by atoms with E-state index in [1.807, 2.05) is 22.9 Å². The van der Waals surface area contributed by atoms with Crippen LogP contribution in [0.3, 0.4) is 0 Å². The molecule has 4 heteroatoms. The van der Waals surface area contributed by atoms with Crippen LogP contribution in [0.4, 0.5) is 5.69 Å². The highest BCUT2D eigenvalue weighted by Crippen LogP contribution is 2.36. The van der Waals surface area contributed by atoms with Gasteiger partial charge in [-0.1, -0.05) is 6.07 Å². The SMILES string of the molecule is C[C@@H](C1CC1)N(C)C(=O)[C@H]1CC(=O)N(c2ccc3c(c2)CCC3)C1. The number of fused-ring (bicyclic) bond motifs is 1. The largest absolute Gasteiger partial charge is 0.342 e. The van der Waals surface area contributed by atoms with Crippen molar-refractivity contribution in [3.63, 3.8) is 0 Å². The number of carbonyl (C=O) groups is 2. The van der Waals surface area contributed by atoms with Gasteiger partial charge in [-0.15, -0.1) is 0 Å². The average molecular weight is 326 g/mol. The molecular weight excluding hydrogens is 300 g/mol. The number of benzene rings is 1. The van der Waals surface area contributed by atoms with Gasteiger partial charge < -0.3 is 9.80 Å². The lowest BCUT2D eigenvalue weighted by atomic mass is 10.1. The number of hydrogen-bond acceptors (Lipinski definition) is 2. The Bertz CT molecular complexity index is 680. The fourth-order valence-corrected chi connectivity index (χ4v) is 4.23. The van der Waals surface area contributed by atoms with Crippen molar-refractivity contribution < 1.29 is 9.59 Å². The molecule has 1 aromatic rings. The van der Waals surface area contributed by atoms with E-state index in [1.165, 1.54) is 30.4 Å². The first kappa shape index (κ1) is 15.7. The Morgan fingerprint density at radius 2 is 2.00 bits per heavy atom. The van der Waals surface area contributed by atoms with Crippen LogP contribution in [-0.2, 0) is 22.4 Å². The van der Waals surface area contributed by atoms with Crippen LogP contribution in [0.25, 0.3) is 0 Å². The number of rotatable bonds is 4. The predicted octanol–water partition coefficient (Wildman–Crippen LogP) is 2.79. The van der Waals surface area contributed by atoms with Crippen molar-refractivity contribution >= 4 is 17.5 Å². The van der Waals surface area contributed by atoms with Crippen LogP contribution in [-0.4, -0.2) is 36.3 Å². The predicted molar refractivity (Wildman–Crippen MR) is 93.9 cm³/mol. The molecule has 2 aliphatic carbocycles. The zero-order chi connectivity index (χ0) is 16.8. The van der Waals surface area contributed by atoms with Crippen LogP contribution in [0.2, 0.25) is 0 Å². The molecular formula is C20H26N2O2. The summed E-state index contributed by atoms with van der Waals surface area (Å²) in [5.74, 6) is 0.672. The third-order valence-corrected chi connectivity index (χ3v) is 6.13. The van der Waals surface area contributed by atoms with E-state index >= 15 is 0 Å². The van der Waals surface area contributed by atoms with Crippen LogP contribution in [0.15, 0.2) is 18.2 Å². The van der Waals surface area contributed by atoms with E-state index in [1.54, 1.807) is 0 Å². The molecule has 0 spiro atoms. The maximum Gasteiger partial charge on any atom is 0.228 e. The third-order valence-electron chi connectivity index (χ3n) is 6.13. The van der Waals surface area contributed by atoms with Crippen molar-refractivity contribution in [1.82, 2.24) is 4.90 Å². The van der Waals surface area contributed by atoms with Crippen molar-refractivity contribution in [1.29, 1.82) is 0 Å². The van der Waals surface area contributed by atoms with Crippen LogP contribution in [0.1, 0.15) is 43.7 Å². The Hall–Kier alpha value is -1.84. The first-order valence-corrected chi connectivity index (χ1v) is 9.23. The van der Waals surface area contributed by atoms with E-state index in [4.69, 9.17) is 0 Å². The summed E-state index contributed by atoms with van der Waals surface area (Å²) in [7, 11) is 1.90. The molecule has 3 aliphatic rings. The standard InChI is InChI=1S/C20H26N2O2/c1-13(14-6-7-14)21(2)20(24)17-11-19(23)22(12-17)18-9-8-15-4-3-5-16(15)10-18/h8-10,13-14,17H,3-7,11-12H2,1-2H3/t13-,17-/m0/s1. The Morgan fingerprint density at radius 3 is 2.75 bits per heavy atom. The maximum atomic E-state index is 12.8. The minimum atomic E-state index is -0.197. The fraction of sp³-hybridized carbons (Fsp3) is 0.600. The maximum absolute atomic E-state index is 12.8. The molecule has 2 fully saturated rings. The van der Waals surface area contributed by atoms with E-state index in [9.17, 15) is 9.59 Å². The zero-order valence-corrected chi connectivity index (χ0v) is 14.6. The van der Waals surface area contributed by atoms with Crippen LogP contribution < -0.4 is 4.90 Å². The van der Waals surface area contributed by atoms with Gasteiger partial charge in [0.25, 0.3) is 0 Å². The number of aryl methyl sites for hydroxylation is 2. The minimum Gasteiger partial charge on any atom is -0.342 e. The fourth-order valence-electron chi connectivity index (χ4n) is 4.23. The second-order valence-corrected chi connectivity index (χ2v) is 7.74. The van der Waals surface area contributed by atoms with Crippen LogP contribution in [0.5, 0.6) is 0 Å². The number of nitrogens with zero attached hydrogens (tertiary/aromatic N) is 2. The van der Waals surface area contributed by atoms with E-state index in [-0.39, 0.29) is 17.7 Å². The van der Waals surface area contributed by atoms with Gasteiger partial charge in [0.1, 0.15) is 0 Å². The molecule has 4 rings (SSSR count). The smallest absolute Gasteiger partial charge is 0.228 e. The van der Waals surface area contributed by atoms with Gasteiger partial charge in [-0.25, -0.2) is 0 Å². The lowest BCUT2D eigenvalue weighted by Gasteiger charge is -2.27. The monoisotopic (exact) mass is 326 g/mol. The summed E-state index contributed by atoms with van der Waals surface area (Å²) in [4.78, 5) is 29.0. The molecule has 0 N–H and O–H groups in total. The second-order valence-electron chi connectivity index (χ2n) is 7.74. The quantitative estimate of drug-likeness (QED) is 0.854. The van der Waals surface area contributed by atoms with Crippen molar-refractivity contribution in [3.05, 3.63) is 29.3 Å². The molecule has 0 aromatic heterocycles. The highest BCUT2D eigenvalue weighted by atomic mass is 16.2. The first-order chi connectivity index (χ1) is 11.5. The topological polar surface area (TPSA) is 40.6 Å². The van der Waals surface area contributed by atoms with E-state index < -0.39 is 0 Å². The Balaban J connectivity index is 1.47. The number of anilines is 1. The molecule has 2 amide bonds. The van der Waals surface area contributed by atoms with Gasteiger partial charge in [-0.3, -0.25) is 9.59 Å². The number of amides is 2. The molecule has 4 nitrogen and oxygen atoms in total. The molecule has 1 aromatic carbocycles. The molecule has 24 heavy (non-hydrogen) atoms. The summed E-state index contributed by atoms with van der Waals surface area (Å²) in [6.07, 6.45) is 6.26. The third kappa shape index (κ3) is 2.72. The minimum absolute atomic E-state index is 0.0822. The molecule has 1 saturated carbocycles. The zero-order valence-electron chi connectivity index (χ0n) is 14.6. The van der Waals surface area contributed by atoms with E-state index in [0.717, 1.165) is 18.5 Å². The van der Waals surface area contributed by atoms with Gasteiger partial charge in [0.05, 0.1) is 5.92 Å². The molecule has 2 atom stereocenters. The number of hydrogen-bond donors (Lipinski definition) is 0. The average Bonchev–Trinajstić information content (AvgIpc) is 3.20. The van der Waals surface area contributed by atoms with E-state index in [2.05, 4.69) is 19.1 Å². The Kier molecular flexibility index (Phi) is 3.86. The van der Waals surface area contributed by atoms with Gasteiger partial charge in [-0.05, 0) is 68.2 Å². The summed E-state index contributed by atoms with van der Waals surface area (Å²) in [6.45, 7) is 2.66. The van der Waals surface area contributed by atoms with Gasteiger partial charge in [0.15, 0.2) is 0 Å². The molecule has 1 saturated heterocycles. The van der Waals surface area contributed by atoms with Gasteiger partial charge in [-0.2, -0.15) is 0 Å². The molecule has 1 heterocycles. The molecule has 0 unspecified atom stereocenters. The summed E-state index contributed by atoms with van der Waals surface area (Å²) in [6, 6.07) is 6.65.